The van der Waals surface area contributed by atoms with Crippen molar-refractivity contribution in [3.8, 4) is 0 Å². The highest BCUT2D eigenvalue weighted by atomic mass is 15.0. The van der Waals surface area contributed by atoms with Crippen LogP contribution in [0.15, 0.2) is 567 Å². The highest BCUT2D eigenvalue weighted by Gasteiger charge is 1.86. The van der Waals surface area contributed by atoms with Gasteiger partial charge in [-0.25, -0.2) is 44.9 Å². The molecule has 0 fully saturated rings. The lowest BCUT2D eigenvalue weighted by Crippen LogP contribution is -1.84. The second-order valence-electron chi connectivity index (χ2n) is 32.9. The van der Waals surface area contributed by atoms with E-state index in [1.807, 2.05) is 358 Å². The molecule has 7 heterocycles. The fourth-order valence-electron chi connectivity index (χ4n) is 10.2. The molecule has 0 amide bonds. The van der Waals surface area contributed by atoms with Crippen LogP contribution in [0, 0.1) is 145 Å². The van der Waals surface area contributed by atoms with E-state index in [0.717, 1.165) is 28.6 Å². The van der Waals surface area contributed by atoms with E-state index in [2.05, 4.69) is 327 Å². The van der Waals surface area contributed by atoms with Crippen molar-refractivity contribution in [1.29, 1.82) is 0 Å². The van der Waals surface area contributed by atoms with E-state index >= 15 is 0 Å². The smallest absolute Gasteiger partial charge is 0.128 e. The lowest BCUT2D eigenvalue weighted by Gasteiger charge is -1.82. The Morgan fingerprint density at radius 3 is 0.408 bits per heavy atom. The van der Waals surface area contributed by atoms with E-state index in [-0.39, 0.29) is 0 Å². The number of aryl methyl sites for hydroxylation is 21. The van der Waals surface area contributed by atoms with E-state index < -0.39 is 0 Å². The summed E-state index contributed by atoms with van der Waals surface area (Å²) < 4.78 is 0. The summed E-state index contributed by atoms with van der Waals surface area (Å²) in [4.78, 5) is 45.7. The van der Waals surface area contributed by atoms with Crippen LogP contribution >= 0.6 is 0 Å². The van der Waals surface area contributed by atoms with Crippen LogP contribution < -0.4 is 0 Å². The number of aromatic nitrogens is 12. The molecule has 0 N–H and O–H groups in total. The van der Waals surface area contributed by atoms with Gasteiger partial charge in [0.1, 0.15) is 37.0 Å². The molecule has 0 unspecified atom stereocenters. The van der Waals surface area contributed by atoms with Gasteiger partial charge in [0, 0.05) is 73.4 Å². The highest BCUT2D eigenvalue weighted by Crippen LogP contribution is 2.03. The maximum Gasteiger partial charge on any atom is 0.128 e. The van der Waals surface area contributed by atoms with E-state index in [4.69, 9.17) is 0 Å². The average molecular weight is 1950 g/mol. The molecule has 12 heteroatoms. The van der Waals surface area contributed by atoms with Crippen molar-refractivity contribution in [2.45, 2.75) is 145 Å². The molecule has 0 atom stereocenters. The molecule has 12 nitrogen and oxygen atoms in total. The molecule has 147 heavy (non-hydrogen) atoms. The summed E-state index contributed by atoms with van der Waals surface area (Å²) in [7, 11) is 0. The molecule has 0 saturated heterocycles. The van der Waals surface area contributed by atoms with Gasteiger partial charge in [-0.1, -0.05) is 515 Å². The van der Waals surface area contributed by atoms with E-state index in [1.54, 1.807) is 61.8 Å². The Kier molecular flexibility index (Phi) is 80.4. The van der Waals surface area contributed by atoms with Gasteiger partial charge >= 0.3 is 0 Å². The Labute approximate surface area is 883 Å². The molecular formula is C135H156N12. The first-order valence-corrected chi connectivity index (χ1v) is 48.9. The van der Waals surface area contributed by atoms with Gasteiger partial charge in [0.25, 0.3) is 0 Å². The zero-order valence-corrected chi connectivity index (χ0v) is 90.6. The summed E-state index contributed by atoms with van der Waals surface area (Å²) in [5, 5.41) is 0. The Morgan fingerprint density at radius 1 is 0.102 bits per heavy atom. The largest absolute Gasteiger partial charge is 0.265 e. The first-order chi connectivity index (χ1) is 71.3. The Morgan fingerprint density at radius 2 is 0.299 bits per heavy atom. The minimum atomic E-state index is 0.759. The third-order valence-corrected chi connectivity index (χ3v) is 18.4. The third-order valence-electron chi connectivity index (χ3n) is 18.4. The van der Waals surface area contributed by atoms with Crippen molar-refractivity contribution in [3.63, 3.8) is 0 Å². The molecule has 7 aromatic heterocycles. The van der Waals surface area contributed by atoms with Crippen molar-refractivity contribution in [2.24, 2.45) is 0 Å². The fraction of sp³-hybridized carbons (Fsp3) is 0.156. The number of pyridine rings is 3. The molecule has 21 aromatic rings. The van der Waals surface area contributed by atoms with Crippen LogP contribution in [-0.4, -0.2) is 59.8 Å². The molecule has 0 aliphatic carbocycles. The van der Waals surface area contributed by atoms with Gasteiger partial charge in [-0.05, 0) is 205 Å². The zero-order valence-electron chi connectivity index (χ0n) is 90.6. The van der Waals surface area contributed by atoms with Crippen molar-refractivity contribution in [1.82, 2.24) is 59.8 Å². The number of nitrogens with zero attached hydrogens (tertiary/aromatic N) is 12. The molecule has 0 spiro atoms. The van der Waals surface area contributed by atoms with E-state index in [1.165, 1.54) is 114 Å². The summed E-state index contributed by atoms with van der Waals surface area (Å²) in [6.07, 6.45) is 23.7. The second-order valence-corrected chi connectivity index (χ2v) is 32.9. The van der Waals surface area contributed by atoms with Gasteiger partial charge in [-0.15, -0.1) is 0 Å². The number of hydrogen-bond donors (Lipinski definition) is 0. The van der Waals surface area contributed by atoms with Gasteiger partial charge in [0.2, 0.25) is 0 Å². The van der Waals surface area contributed by atoms with Crippen molar-refractivity contribution in [3.05, 3.63) is 684 Å². The van der Waals surface area contributed by atoms with Gasteiger partial charge in [0.05, 0.1) is 0 Å². The summed E-state index contributed by atoms with van der Waals surface area (Å²) in [6.45, 7) is 42.8. The topological polar surface area (TPSA) is 155 Å². The van der Waals surface area contributed by atoms with Crippen molar-refractivity contribution >= 4 is 0 Å². The average Bonchev–Trinajstić information content (AvgIpc) is 1.24. The summed E-state index contributed by atoms with van der Waals surface area (Å²) in [6, 6.07) is 161. The monoisotopic (exact) mass is 1950 g/mol. The minimum absolute atomic E-state index is 0.759. The van der Waals surface area contributed by atoms with Crippen LogP contribution in [0.3, 0.4) is 0 Å². The number of rotatable bonds is 0. The predicted octanol–water partition coefficient (Wildman–Crippen LogP) is 34.6. The summed E-state index contributed by atoms with van der Waals surface area (Å²) >= 11 is 0. The molecule has 0 aliphatic rings. The molecule has 0 bridgehead atoms. The molecule has 0 aliphatic heterocycles. The first-order valence-electron chi connectivity index (χ1n) is 48.9. The second kappa shape index (κ2) is 92.5. The minimum Gasteiger partial charge on any atom is -0.265 e. The van der Waals surface area contributed by atoms with Gasteiger partial charge < -0.3 is 0 Å². The highest BCUT2D eigenvalue weighted by molar-refractivity contribution is 5.22. The SMILES string of the molecule is Cc1ccccc1.Cc1ccccc1.Cc1ccccc1.Cc1ccccc1.Cc1ccccc1.Cc1ccccc1.Cc1ccccc1.Cc1ccccc1.Cc1ccccc1.Cc1ccccc1.Cc1ccccc1.Cc1ccccc1.Cc1ccccc1.Cc1ccccc1.Cc1ccccn1.Cc1cccnc1.Cc1ccncc1.Cc1ccncn1.Cc1cncnc1.Cc1ncccn1.Cc1ncncn1. The lowest BCUT2D eigenvalue weighted by atomic mass is 10.2. The number of benzene rings is 14. The van der Waals surface area contributed by atoms with Crippen LogP contribution in [0.5, 0.6) is 0 Å². The Balaban J connectivity index is 0.000000772. The van der Waals surface area contributed by atoms with Crippen LogP contribution in [0.1, 0.15) is 118 Å². The van der Waals surface area contributed by atoms with E-state index in [0.29, 0.717) is 0 Å². The quantitative estimate of drug-likeness (QED) is 0.142. The third kappa shape index (κ3) is 91.0. The van der Waals surface area contributed by atoms with Crippen LogP contribution in [0.4, 0.5) is 0 Å². The fourth-order valence-corrected chi connectivity index (χ4v) is 10.2. The molecule has 0 saturated carbocycles. The normalized spacial score (nSPS) is 8.71. The van der Waals surface area contributed by atoms with Crippen LogP contribution in [-0.2, 0) is 0 Å². The molecule has 0 radical (unpaired) electrons. The number of hydrogen-bond acceptors (Lipinski definition) is 12. The van der Waals surface area contributed by atoms with Crippen LogP contribution in [0.2, 0.25) is 0 Å². The summed E-state index contributed by atoms with van der Waals surface area (Å²) in [5.74, 6) is 1.58. The first kappa shape index (κ1) is 128. The van der Waals surface area contributed by atoms with Crippen LogP contribution in [0.25, 0.3) is 0 Å². The van der Waals surface area contributed by atoms with Gasteiger partial charge in [-0.3, -0.25) is 15.0 Å². The van der Waals surface area contributed by atoms with Crippen molar-refractivity contribution in [2.75, 3.05) is 0 Å². The molecule has 21 rings (SSSR count). The molecular weight excluding hydrogens is 1790 g/mol. The zero-order chi connectivity index (χ0) is 107. The lowest BCUT2D eigenvalue weighted by molar-refractivity contribution is 0.974. The maximum absolute atomic E-state index is 3.98. The maximum atomic E-state index is 3.98. The Bertz CT molecular complexity index is 4520. The molecule has 14 aromatic carbocycles. The van der Waals surface area contributed by atoms with E-state index in [9.17, 15) is 0 Å². The summed E-state index contributed by atoms with van der Waals surface area (Å²) in [5.41, 5.74) is 24.2. The molecule has 756 valence electrons. The standard InChI is InChI=1S/14C7H8.3C6H7N.3C5H6N2.C4H5N3/c14*1-7-5-3-2-4-6-7;1-6-2-4-7-5-3-6;1-6-3-2-4-7-5-6;1-6-4-2-3-5-7-6;1-5-2-6-4-7-3-5;1-5-2-3-6-4-7-5;1-5-6-3-2-4-7-5;1-4-6-2-5-3-7-4/h14*2-6H,1H3;3*2-5H,1H3;3*2-4H,1H3;2-3H,1H3. The van der Waals surface area contributed by atoms with Gasteiger partial charge in [-0.2, -0.15) is 0 Å². The van der Waals surface area contributed by atoms with Crippen molar-refractivity contribution < 1.29 is 0 Å². The predicted molar refractivity (Wildman–Crippen MR) is 628 cm³/mol. The van der Waals surface area contributed by atoms with Gasteiger partial charge in [0.15, 0.2) is 0 Å². The Hall–Kier alpha value is -17.2.